The molecule has 38 heavy (non-hydrogen) atoms. The lowest BCUT2D eigenvalue weighted by Gasteiger charge is -2.43. The molecule has 7 rings (SSSR count). The number of carbonyl (C=O) groups is 2. The molecule has 196 valence electrons. The number of ether oxygens (including phenoxy) is 1. The largest absolute Gasteiger partial charge is 0.497 e. The van der Waals surface area contributed by atoms with Gasteiger partial charge in [-0.05, 0) is 65.0 Å². The van der Waals surface area contributed by atoms with E-state index >= 15 is 0 Å². The summed E-state index contributed by atoms with van der Waals surface area (Å²) in [5, 5.41) is 1.14. The molecule has 2 aliphatic carbocycles. The number of carbonyl (C=O) groups excluding carboxylic acids is 2. The van der Waals surface area contributed by atoms with Gasteiger partial charge in [-0.25, -0.2) is 0 Å². The Morgan fingerprint density at radius 2 is 1.58 bits per heavy atom. The highest BCUT2D eigenvalue weighted by atomic mass is 32.2. The highest BCUT2D eigenvalue weighted by molar-refractivity contribution is 8.00. The first-order chi connectivity index (χ1) is 18.2. The zero-order valence-electron chi connectivity index (χ0n) is 21.8. The zero-order chi connectivity index (χ0) is 26.5. The number of hydrogen-bond acceptors (Lipinski definition) is 6. The van der Waals surface area contributed by atoms with Crippen LogP contribution < -0.4 is 14.5 Å². The molecule has 6 nitrogen and oxygen atoms in total. The number of aromatic amines is 1. The molecule has 0 unspecified atom stereocenters. The molecule has 3 fully saturated rings. The number of aromatic nitrogens is 1. The van der Waals surface area contributed by atoms with E-state index in [1.165, 1.54) is 27.4 Å². The van der Waals surface area contributed by atoms with Crippen molar-refractivity contribution in [2.24, 2.45) is 29.6 Å². The Morgan fingerprint density at radius 3 is 2.21 bits per heavy atom. The minimum atomic E-state index is -0.301. The van der Waals surface area contributed by atoms with Gasteiger partial charge >= 0.3 is 4.87 Å². The van der Waals surface area contributed by atoms with Gasteiger partial charge in [-0.1, -0.05) is 56.4 Å². The highest BCUT2D eigenvalue weighted by Crippen LogP contribution is 2.68. The molecule has 1 aromatic heterocycles. The molecule has 8 heteroatoms. The fourth-order valence-corrected chi connectivity index (χ4v) is 10.5. The number of methoxy groups -OCH3 is 1. The molecular formula is C30H30N2O4S2. The predicted molar refractivity (Wildman–Crippen MR) is 149 cm³/mol. The highest BCUT2D eigenvalue weighted by Gasteiger charge is 2.69. The Bertz CT molecular complexity index is 1500. The van der Waals surface area contributed by atoms with Crippen molar-refractivity contribution in [3.8, 4) is 5.75 Å². The van der Waals surface area contributed by atoms with E-state index in [1.807, 2.05) is 0 Å². The van der Waals surface area contributed by atoms with Crippen LogP contribution in [0, 0.1) is 29.6 Å². The number of amides is 2. The van der Waals surface area contributed by atoms with E-state index in [9.17, 15) is 14.4 Å². The molecule has 2 aliphatic heterocycles. The molecule has 7 atom stereocenters. The summed E-state index contributed by atoms with van der Waals surface area (Å²) in [6, 6.07) is 16.0. The number of imide groups is 1. The average molecular weight is 547 g/mol. The zero-order valence-corrected chi connectivity index (χ0v) is 23.4. The third-order valence-electron chi connectivity index (χ3n) is 9.19. The Balaban J connectivity index is 1.29. The van der Waals surface area contributed by atoms with Gasteiger partial charge < -0.3 is 9.72 Å². The average Bonchev–Trinajstić information content (AvgIpc) is 3.62. The number of thiazole rings is 1. The molecule has 4 aliphatic rings. The van der Waals surface area contributed by atoms with Gasteiger partial charge in [0.2, 0.25) is 11.8 Å². The minimum absolute atomic E-state index is 0.0378. The molecule has 2 bridgehead atoms. The summed E-state index contributed by atoms with van der Waals surface area (Å²) in [7, 11) is 1.60. The number of benzene rings is 2. The molecule has 0 radical (unpaired) electrons. The topological polar surface area (TPSA) is 79.5 Å². The second-order valence-electron chi connectivity index (χ2n) is 12.0. The van der Waals surface area contributed by atoms with E-state index in [2.05, 4.69) is 50.0 Å². The number of thioether (sulfide) groups is 1. The van der Waals surface area contributed by atoms with Gasteiger partial charge in [0.1, 0.15) is 5.75 Å². The van der Waals surface area contributed by atoms with Crippen LogP contribution in [0.3, 0.4) is 0 Å². The summed E-state index contributed by atoms with van der Waals surface area (Å²) in [5.41, 5.74) is 3.13. The third-order valence-corrected chi connectivity index (χ3v) is 11.8. The van der Waals surface area contributed by atoms with Crippen molar-refractivity contribution in [3.05, 3.63) is 74.2 Å². The lowest BCUT2D eigenvalue weighted by molar-refractivity contribution is -0.123. The quantitative estimate of drug-likeness (QED) is 0.444. The van der Waals surface area contributed by atoms with Crippen LogP contribution in [0.15, 0.2) is 58.4 Å². The Kier molecular flexibility index (Phi) is 5.31. The molecule has 1 N–H and O–H groups in total. The summed E-state index contributed by atoms with van der Waals surface area (Å²) in [6.45, 7) is 6.62. The van der Waals surface area contributed by atoms with Crippen molar-refractivity contribution in [2.75, 3.05) is 12.0 Å². The van der Waals surface area contributed by atoms with Gasteiger partial charge in [0.15, 0.2) is 0 Å². The van der Waals surface area contributed by atoms with Crippen LogP contribution in [0.4, 0.5) is 5.69 Å². The number of H-pyrrole nitrogens is 1. The van der Waals surface area contributed by atoms with E-state index in [0.717, 1.165) is 16.3 Å². The maximum Gasteiger partial charge on any atom is 0.305 e. The first-order valence-electron chi connectivity index (χ1n) is 13.2. The molecule has 2 amide bonds. The standard InChI is InChI=1S/C30H30N2O4S2/c1-30(2,3)15-7-5-14(6-8-15)20-21-18-13-19(24(21)37-26-25(20)38-29(35)31-26)23-22(18)27(33)32(28(23)34)16-9-11-17(36-4)12-10-16/h5-12,18-24H,13H2,1-4H3,(H,31,35)/t18-,19+,20-,21+,22+,23+,24+/m0/s1. The minimum Gasteiger partial charge on any atom is -0.497 e. The van der Waals surface area contributed by atoms with Gasteiger partial charge in [0, 0.05) is 16.0 Å². The van der Waals surface area contributed by atoms with Gasteiger partial charge in [0.05, 0.1) is 29.7 Å². The molecule has 2 aromatic carbocycles. The van der Waals surface area contributed by atoms with Crippen LogP contribution in [0.1, 0.15) is 49.1 Å². The van der Waals surface area contributed by atoms with Gasteiger partial charge in [-0.3, -0.25) is 19.3 Å². The Labute approximate surface area is 229 Å². The maximum atomic E-state index is 13.9. The summed E-state index contributed by atoms with van der Waals surface area (Å²) in [5.74, 6) is 0.428. The number of nitrogens with zero attached hydrogens (tertiary/aromatic N) is 1. The predicted octanol–water partition coefficient (Wildman–Crippen LogP) is 5.42. The van der Waals surface area contributed by atoms with Crippen LogP contribution in [-0.2, 0) is 15.0 Å². The molecule has 3 heterocycles. The summed E-state index contributed by atoms with van der Waals surface area (Å²) in [6.07, 6.45) is 0.890. The number of hydrogen-bond donors (Lipinski definition) is 1. The fraction of sp³-hybridized carbons (Fsp3) is 0.433. The van der Waals surface area contributed by atoms with E-state index in [4.69, 9.17) is 4.74 Å². The monoisotopic (exact) mass is 546 g/mol. The molecule has 3 aromatic rings. The number of rotatable bonds is 3. The second kappa shape index (κ2) is 8.33. The van der Waals surface area contributed by atoms with Crippen LogP contribution in [0.2, 0.25) is 0 Å². The van der Waals surface area contributed by atoms with E-state index < -0.39 is 0 Å². The van der Waals surface area contributed by atoms with E-state index in [-0.39, 0.29) is 62.9 Å². The van der Waals surface area contributed by atoms with Crippen molar-refractivity contribution < 1.29 is 14.3 Å². The lowest BCUT2D eigenvalue weighted by atomic mass is 9.68. The summed E-state index contributed by atoms with van der Waals surface area (Å²) in [4.78, 5) is 45.7. The van der Waals surface area contributed by atoms with Crippen molar-refractivity contribution in [1.82, 2.24) is 4.98 Å². The second-order valence-corrected chi connectivity index (χ2v) is 14.2. The third kappa shape index (κ3) is 3.35. The van der Waals surface area contributed by atoms with Gasteiger partial charge in [-0.15, -0.1) is 11.8 Å². The molecule has 2 saturated carbocycles. The Morgan fingerprint density at radius 1 is 0.921 bits per heavy atom. The molecule has 1 saturated heterocycles. The van der Waals surface area contributed by atoms with E-state index in [1.54, 1.807) is 43.1 Å². The summed E-state index contributed by atoms with van der Waals surface area (Å²) >= 11 is 3.03. The van der Waals surface area contributed by atoms with Crippen LogP contribution in [0.5, 0.6) is 5.75 Å². The van der Waals surface area contributed by atoms with Crippen LogP contribution in [-0.4, -0.2) is 29.2 Å². The summed E-state index contributed by atoms with van der Waals surface area (Å²) < 4.78 is 5.26. The van der Waals surface area contributed by atoms with Crippen molar-refractivity contribution >= 4 is 40.6 Å². The fourth-order valence-electron chi connectivity index (χ4n) is 7.57. The van der Waals surface area contributed by atoms with Crippen molar-refractivity contribution in [1.29, 1.82) is 0 Å². The van der Waals surface area contributed by atoms with Gasteiger partial charge in [0.25, 0.3) is 0 Å². The smallest absolute Gasteiger partial charge is 0.305 e. The van der Waals surface area contributed by atoms with Crippen molar-refractivity contribution in [2.45, 2.75) is 48.8 Å². The Hall–Kier alpha value is -2.84. The van der Waals surface area contributed by atoms with E-state index in [0.29, 0.717) is 11.4 Å². The molecular weight excluding hydrogens is 516 g/mol. The number of nitrogens with one attached hydrogen (secondary N) is 1. The number of fused-ring (bicyclic) bond motifs is 9. The number of anilines is 1. The molecule has 0 spiro atoms. The lowest BCUT2D eigenvalue weighted by Crippen LogP contribution is -2.42. The van der Waals surface area contributed by atoms with Gasteiger partial charge in [-0.2, -0.15) is 0 Å². The first-order valence-corrected chi connectivity index (χ1v) is 14.9. The van der Waals surface area contributed by atoms with Crippen LogP contribution >= 0.6 is 23.1 Å². The van der Waals surface area contributed by atoms with Crippen molar-refractivity contribution in [3.63, 3.8) is 0 Å². The first kappa shape index (κ1) is 24.2. The SMILES string of the molecule is COc1ccc(N2C(=O)[C@@H]3[C@H]4C[C@@H]([C@H]5Sc6[nH]c(=O)sc6[C@@H](c6ccc(C(C)(C)C)cc6)[C@@H]45)[C@H]3C2=O)cc1. The van der Waals surface area contributed by atoms with Crippen LogP contribution in [0.25, 0.3) is 0 Å². The normalized spacial score (nSPS) is 31.4. The maximum absolute atomic E-state index is 13.9.